The summed E-state index contributed by atoms with van der Waals surface area (Å²) in [7, 11) is 0. The van der Waals surface area contributed by atoms with Crippen molar-refractivity contribution in [3.8, 4) is 5.75 Å². The number of aromatic nitrogens is 2. The molecule has 1 aromatic carbocycles. The smallest absolute Gasteiger partial charge is 0.435 e. The summed E-state index contributed by atoms with van der Waals surface area (Å²) in [5.41, 5.74) is -1.18. The van der Waals surface area contributed by atoms with E-state index in [1.54, 1.807) is 0 Å². The van der Waals surface area contributed by atoms with Gasteiger partial charge in [0.1, 0.15) is 12.3 Å². The molecule has 1 heterocycles. The summed E-state index contributed by atoms with van der Waals surface area (Å²) in [5, 5.41) is 26.1. The molecular weight excluding hydrogens is 357 g/mol. The van der Waals surface area contributed by atoms with Gasteiger partial charge in [-0.2, -0.15) is 18.3 Å². The van der Waals surface area contributed by atoms with E-state index in [2.05, 4.69) is 10.4 Å². The summed E-state index contributed by atoms with van der Waals surface area (Å²) in [6.07, 6.45) is -3.15. The van der Waals surface area contributed by atoms with Crippen LogP contribution in [0.25, 0.3) is 0 Å². The maximum atomic E-state index is 12.8. The molecule has 0 bridgehead atoms. The lowest BCUT2D eigenvalue weighted by atomic mass is 10.2. The Kier molecular flexibility index (Phi) is 4.30. The molecule has 0 unspecified atom stereocenters. The first-order chi connectivity index (χ1) is 12.1. The standard InChI is InChI=1S/C15H13F3N4O4/c16-15(17,18)13-6-11(8-1-2-8)21(20-13)7-14(24)19-10-4-3-9(22(25)26)5-12(10)23/h3-6,8,23H,1-2,7H2,(H,19,24). The molecule has 1 saturated carbocycles. The van der Waals surface area contributed by atoms with E-state index in [4.69, 9.17) is 0 Å². The number of amides is 1. The van der Waals surface area contributed by atoms with E-state index in [0.29, 0.717) is 5.69 Å². The Morgan fingerprint density at radius 3 is 2.62 bits per heavy atom. The fourth-order valence-electron chi connectivity index (χ4n) is 2.47. The SMILES string of the molecule is O=C(Cn1nc(C(F)(F)F)cc1C1CC1)Nc1ccc([N+](=O)[O-])cc1O. The van der Waals surface area contributed by atoms with Gasteiger partial charge in [0, 0.05) is 17.7 Å². The van der Waals surface area contributed by atoms with Crippen LogP contribution in [0.5, 0.6) is 5.75 Å². The van der Waals surface area contributed by atoms with Gasteiger partial charge in [0.05, 0.1) is 16.7 Å². The van der Waals surface area contributed by atoms with Gasteiger partial charge in [0.2, 0.25) is 5.91 Å². The molecule has 3 rings (SSSR count). The van der Waals surface area contributed by atoms with Crippen molar-refractivity contribution in [2.45, 2.75) is 31.5 Å². The van der Waals surface area contributed by atoms with Crippen LogP contribution in [0.3, 0.4) is 0 Å². The highest BCUT2D eigenvalue weighted by Crippen LogP contribution is 2.42. The predicted octanol–water partition coefficient (Wildman–Crippen LogP) is 3.03. The molecule has 0 atom stereocenters. The van der Waals surface area contributed by atoms with Crippen LogP contribution in [0.15, 0.2) is 24.3 Å². The Morgan fingerprint density at radius 2 is 2.08 bits per heavy atom. The quantitative estimate of drug-likeness (QED) is 0.478. The zero-order valence-corrected chi connectivity index (χ0v) is 13.2. The van der Waals surface area contributed by atoms with Crippen LogP contribution in [0, 0.1) is 10.1 Å². The van der Waals surface area contributed by atoms with E-state index >= 15 is 0 Å². The van der Waals surface area contributed by atoms with Crippen LogP contribution >= 0.6 is 0 Å². The van der Waals surface area contributed by atoms with Crippen LogP contribution in [-0.4, -0.2) is 25.7 Å². The normalized spacial score (nSPS) is 14.3. The third kappa shape index (κ3) is 3.76. The lowest BCUT2D eigenvalue weighted by Crippen LogP contribution is -2.21. The van der Waals surface area contributed by atoms with Gasteiger partial charge < -0.3 is 10.4 Å². The third-order valence-electron chi connectivity index (χ3n) is 3.86. The second-order valence-electron chi connectivity index (χ2n) is 5.89. The molecule has 2 aromatic rings. The van der Waals surface area contributed by atoms with Crippen molar-refractivity contribution in [2.75, 3.05) is 5.32 Å². The average molecular weight is 370 g/mol. The van der Waals surface area contributed by atoms with Gasteiger partial charge in [0.25, 0.3) is 5.69 Å². The van der Waals surface area contributed by atoms with E-state index in [1.165, 1.54) is 0 Å². The van der Waals surface area contributed by atoms with Gasteiger partial charge in [-0.15, -0.1) is 0 Å². The summed E-state index contributed by atoms with van der Waals surface area (Å²) in [6.45, 7) is -0.474. The number of benzene rings is 1. The van der Waals surface area contributed by atoms with Crippen LogP contribution in [0.4, 0.5) is 24.5 Å². The highest BCUT2D eigenvalue weighted by atomic mass is 19.4. The number of nitrogens with zero attached hydrogens (tertiary/aromatic N) is 3. The number of carbonyl (C=O) groups excluding carboxylic acids is 1. The second kappa shape index (κ2) is 6.32. The highest BCUT2D eigenvalue weighted by Gasteiger charge is 2.38. The van der Waals surface area contributed by atoms with Crippen LogP contribution in [0.1, 0.15) is 30.1 Å². The van der Waals surface area contributed by atoms with Gasteiger partial charge in [0.15, 0.2) is 5.69 Å². The van der Waals surface area contributed by atoms with Crippen molar-refractivity contribution in [1.82, 2.24) is 9.78 Å². The van der Waals surface area contributed by atoms with E-state index in [-0.39, 0.29) is 17.3 Å². The van der Waals surface area contributed by atoms with Gasteiger partial charge >= 0.3 is 6.18 Å². The molecule has 1 amide bonds. The molecule has 1 aromatic heterocycles. The molecule has 8 nitrogen and oxygen atoms in total. The van der Waals surface area contributed by atoms with Gasteiger partial charge in [-0.3, -0.25) is 19.6 Å². The van der Waals surface area contributed by atoms with Crippen molar-refractivity contribution in [3.63, 3.8) is 0 Å². The molecule has 1 aliphatic rings. The molecule has 0 spiro atoms. The average Bonchev–Trinajstić information content (AvgIpc) is 3.29. The molecular formula is C15H13F3N4O4. The predicted molar refractivity (Wildman–Crippen MR) is 82.6 cm³/mol. The maximum absolute atomic E-state index is 12.8. The van der Waals surface area contributed by atoms with Gasteiger partial charge in [-0.25, -0.2) is 0 Å². The number of hydrogen-bond acceptors (Lipinski definition) is 5. The number of non-ortho nitro benzene ring substituents is 1. The number of hydrogen-bond donors (Lipinski definition) is 2. The summed E-state index contributed by atoms with van der Waals surface area (Å²) in [5.74, 6) is -1.29. The topological polar surface area (TPSA) is 110 Å². The summed E-state index contributed by atoms with van der Waals surface area (Å²) in [4.78, 5) is 22.0. The van der Waals surface area contributed by atoms with Crippen molar-refractivity contribution in [1.29, 1.82) is 0 Å². The molecule has 0 aliphatic heterocycles. The Bertz CT molecular complexity index is 874. The van der Waals surface area contributed by atoms with Crippen LogP contribution in [0.2, 0.25) is 0 Å². The first-order valence-corrected chi connectivity index (χ1v) is 7.57. The number of aromatic hydroxyl groups is 1. The zero-order chi connectivity index (χ0) is 19.1. The van der Waals surface area contributed by atoms with Gasteiger partial charge in [-0.1, -0.05) is 0 Å². The van der Waals surface area contributed by atoms with Crippen molar-refractivity contribution in [3.05, 3.63) is 45.8 Å². The molecule has 138 valence electrons. The Balaban J connectivity index is 1.76. The van der Waals surface area contributed by atoms with E-state index < -0.39 is 35.0 Å². The maximum Gasteiger partial charge on any atom is 0.435 e. The number of nitro benzene ring substituents is 1. The number of halogens is 3. The number of rotatable bonds is 5. The fourth-order valence-corrected chi connectivity index (χ4v) is 2.47. The third-order valence-corrected chi connectivity index (χ3v) is 3.86. The lowest BCUT2D eigenvalue weighted by Gasteiger charge is -2.09. The summed E-state index contributed by atoms with van der Waals surface area (Å²) >= 11 is 0. The Hall–Kier alpha value is -3.11. The number of phenolic OH excluding ortho intramolecular Hbond substituents is 1. The largest absolute Gasteiger partial charge is 0.506 e. The number of nitro groups is 1. The second-order valence-corrected chi connectivity index (χ2v) is 5.89. The van der Waals surface area contributed by atoms with Crippen molar-refractivity contribution < 1.29 is 28.0 Å². The van der Waals surface area contributed by atoms with Gasteiger partial charge in [-0.05, 0) is 25.0 Å². The number of phenols is 1. The van der Waals surface area contributed by atoms with Crippen LogP contribution < -0.4 is 5.32 Å². The summed E-state index contributed by atoms with van der Waals surface area (Å²) < 4.78 is 39.5. The number of nitrogens with one attached hydrogen (secondary N) is 1. The molecule has 0 saturated heterocycles. The van der Waals surface area contributed by atoms with E-state index in [9.17, 15) is 33.2 Å². The molecule has 1 fully saturated rings. The lowest BCUT2D eigenvalue weighted by molar-refractivity contribution is -0.384. The minimum Gasteiger partial charge on any atom is -0.506 e. The molecule has 2 N–H and O–H groups in total. The zero-order valence-electron chi connectivity index (χ0n) is 13.2. The molecule has 11 heteroatoms. The first-order valence-electron chi connectivity index (χ1n) is 7.57. The van der Waals surface area contributed by atoms with Crippen LogP contribution in [-0.2, 0) is 17.5 Å². The molecule has 1 aliphatic carbocycles. The number of alkyl halides is 3. The Labute approximate surface area is 144 Å². The minimum absolute atomic E-state index is 0.0563. The minimum atomic E-state index is -4.61. The van der Waals surface area contributed by atoms with Crippen molar-refractivity contribution >= 4 is 17.3 Å². The van der Waals surface area contributed by atoms with E-state index in [1.807, 2.05) is 0 Å². The highest BCUT2D eigenvalue weighted by molar-refractivity contribution is 5.92. The molecule has 26 heavy (non-hydrogen) atoms. The summed E-state index contributed by atoms with van der Waals surface area (Å²) in [6, 6.07) is 4.02. The van der Waals surface area contributed by atoms with Crippen molar-refractivity contribution in [2.24, 2.45) is 0 Å². The first kappa shape index (κ1) is 17.7. The monoisotopic (exact) mass is 370 g/mol. The number of anilines is 1. The fraction of sp³-hybridized carbons (Fsp3) is 0.333. The number of carbonyl (C=O) groups is 1. The Morgan fingerprint density at radius 1 is 1.38 bits per heavy atom. The molecule has 0 radical (unpaired) electrons. The van der Waals surface area contributed by atoms with E-state index in [0.717, 1.165) is 41.8 Å².